The van der Waals surface area contributed by atoms with E-state index in [0.29, 0.717) is 11.8 Å². The Bertz CT molecular complexity index is 786. The van der Waals surface area contributed by atoms with Crippen molar-refractivity contribution in [3.05, 3.63) is 39.4 Å². The van der Waals surface area contributed by atoms with Gasteiger partial charge in [-0.1, -0.05) is 11.6 Å². The third kappa shape index (κ3) is 4.24. The number of benzene rings is 1. The molecular weight excluding hydrogens is 367 g/mol. The molecule has 0 bridgehead atoms. The Hall–Kier alpha value is -2.13. The number of hydrogen-bond donors (Lipinski definition) is 2. The van der Waals surface area contributed by atoms with Gasteiger partial charge in [-0.15, -0.1) is 11.3 Å². The molecular formula is C14H11ClF3N3O2S. The van der Waals surface area contributed by atoms with Gasteiger partial charge in [0.05, 0.1) is 16.3 Å². The molecule has 2 N–H and O–H groups in total. The molecule has 24 heavy (non-hydrogen) atoms. The number of anilines is 2. The van der Waals surface area contributed by atoms with E-state index in [9.17, 15) is 22.8 Å². The summed E-state index contributed by atoms with van der Waals surface area (Å²) in [6, 6.07) is 2.82. The summed E-state index contributed by atoms with van der Waals surface area (Å²) in [5, 5.41) is 4.11. The molecule has 1 heterocycles. The van der Waals surface area contributed by atoms with Crippen LogP contribution in [0.1, 0.15) is 16.1 Å². The summed E-state index contributed by atoms with van der Waals surface area (Å²) < 4.78 is 38.3. The first-order chi connectivity index (χ1) is 11.1. The Morgan fingerprint density at radius 2 is 1.79 bits per heavy atom. The number of rotatable bonds is 2. The summed E-state index contributed by atoms with van der Waals surface area (Å²) in [4.78, 5) is 28.5. The summed E-state index contributed by atoms with van der Waals surface area (Å²) in [7, 11) is 0. The Morgan fingerprint density at radius 3 is 2.33 bits per heavy atom. The molecule has 0 fully saturated rings. The van der Waals surface area contributed by atoms with Gasteiger partial charge in [0.1, 0.15) is 0 Å². The normalized spacial score (nSPS) is 11.2. The Kier molecular flexibility index (Phi) is 5.14. The Labute approximate surface area is 143 Å². The number of carbonyl (C=O) groups excluding carboxylic acids is 2. The summed E-state index contributed by atoms with van der Waals surface area (Å²) in [6.45, 7) is 3.54. The van der Waals surface area contributed by atoms with Gasteiger partial charge in [-0.3, -0.25) is 14.9 Å². The maximum atomic E-state index is 12.8. The standard InChI is InChI=1S/C14H11ClF3N3O2S/c1-6-7(2)24-13(19-6)21-12(23)11(22)20-8-3-4-10(15)9(5-8)14(16,17)18/h3-5H,1-2H3,(H,20,22)(H,19,21,23). The fourth-order valence-electron chi connectivity index (χ4n) is 1.69. The van der Waals surface area contributed by atoms with Crippen LogP contribution in [0.3, 0.4) is 0 Å². The van der Waals surface area contributed by atoms with Gasteiger partial charge >= 0.3 is 18.0 Å². The number of carbonyl (C=O) groups is 2. The van der Waals surface area contributed by atoms with E-state index in [-0.39, 0.29) is 10.8 Å². The maximum Gasteiger partial charge on any atom is 0.417 e. The molecule has 1 aromatic carbocycles. The van der Waals surface area contributed by atoms with Gasteiger partial charge in [0, 0.05) is 10.6 Å². The number of aromatic nitrogens is 1. The van der Waals surface area contributed by atoms with Crippen LogP contribution >= 0.6 is 22.9 Å². The molecule has 0 saturated carbocycles. The van der Waals surface area contributed by atoms with Crippen LogP contribution in [0.2, 0.25) is 5.02 Å². The van der Waals surface area contributed by atoms with Gasteiger partial charge in [-0.25, -0.2) is 4.98 Å². The molecule has 1 aromatic heterocycles. The number of nitrogens with one attached hydrogen (secondary N) is 2. The van der Waals surface area contributed by atoms with E-state index in [1.807, 2.05) is 0 Å². The van der Waals surface area contributed by atoms with Crippen LogP contribution in [0.4, 0.5) is 24.0 Å². The largest absolute Gasteiger partial charge is 0.417 e. The second-order valence-corrected chi connectivity index (χ2v) is 6.37. The highest BCUT2D eigenvalue weighted by molar-refractivity contribution is 7.15. The van der Waals surface area contributed by atoms with Gasteiger partial charge < -0.3 is 5.32 Å². The fraction of sp³-hybridized carbons (Fsp3) is 0.214. The first-order valence-corrected chi connectivity index (χ1v) is 7.70. The summed E-state index contributed by atoms with van der Waals surface area (Å²) in [5.41, 5.74) is -0.588. The molecule has 0 radical (unpaired) electrons. The molecule has 0 spiro atoms. The number of amides is 2. The maximum absolute atomic E-state index is 12.8. The minimum atomic E-state index is -4.67. The number of halogens is 4. The molecule has 128 valence electrons. The van der Waals surface area contributed by atoms with Crippen LogP contribution in [0.25, 0.3) is 0 Å². The first kappa shape index (κ1) is 18.2. The van der Waals surface area contributed by atoms with E-state index < -0.39 is 28.6 Å². The van der Waals surface area contributed by atoms with Crippen LogP contribution < -0.4 is 10.6 Å². The van der Waals surface area contributed by atoms with E-state index >= 15 is 0 Å². The second-order valence-electron chi connectivity index (χ2n) is 4.76. The van der Waals surface area contributed by atoms with Crippen molar-refractivity contribution in [2.45, 2.75) is 20.0 Å². The van der Waals surface area contributed by atoms with Crippen molar-refractivity contribution < 1.29 is 22.8 Å². The zero-order valence-corrected chi connectivity index (χ0v) is 14.0. The molecule has 0 unspecified atom stereocenters. The highest BCUT2D eigenvalue weighted by Crippen LogP contribution is 2.36. The van der Waals surface area contributed by atoms with Crippen molar-refractivity contribution in [2.75, 3.05) is 10.6 Å². The zero-order valence-electron chi connectivity index (χ0n) is 12.4. The number of alkyl halides is 3. The molecule has 0 aliphatic rings. The van der Waals surface area contributed by atoms with Gasteiger partial charge in [-0.2, -0.15) is 13.2 Å². The smallest absolute Gasteiger partial charge is 0.318 e. The number of aryl methyl sites for hydroxylation is 2. The van der Waals surface area contributed by atoms with Gasteiger partial charge in [-0.05, 0) is 32.0 Å². The summed E-state index contributed by atoms with van der Waals surface area (Å²) >= 11 is 6.67. The lowest BCUT2D eigenvalue weighted by molar-refractivity contribution is -0.137. The second kappa shape index (κ2) is 6.78. The monoisotopic (exact) mass is 377 g/mol. The van der Waals surface area contributed by atoms with Crippen molar-refractivity contribution in [2.24, 2.45) is 0 Å². The minimum Gasteiger partial charge on any atom is -0.318 e. The third-order valence-electron chi connectivity index (χ3n) is 2.98. The van der Waals surface area contributed by atoms with E-state index in [2.05, 4.69) is 15.6 Å². The van der Waals surface area contributed by atoms with Crippen molar-refractivity contribution >= 4 is 45.6 Å². The molecule has 5 nitrogen and oxygen atoms in total. The van der Waals surface area contributed by atoms with Crippen molar-refractivity contribution in [3.8, 4) is 0 Å². The topological polar surface area (TPSA) is 71.1 Å². The average Bonchev–Trinajstić information content (AvgIpc) is 2.78. The van der Waals surface area contributed by atoms with E-state index in [1.54, 1.807) is 13.8 Å². The summed E-state index contributed by atoms with van der Waals surface area (Å²) in [6.07, 6.45) is -4.67. The third-order valence-corrected chi connectivity index (χ3v) is 4.30. The lowest BCUT2D eigenvalue weighted by Crippen LogP contribution is -2.29. The molecule has 2 aromatic rings. The van der Waals surface area contributed by atoms with Crippen LogP contribution in [0.5, 0.6) is 0 Å². The van der Waals surface area contributed by atoms with E-state index in [4.69, 9.17) is 11.6 Å². The summed E-state index contributed by atoms with van der Waals surface area (Å²) in [5.74, 6) is -2.15. The molecule has 0 aliphatic heterocycles. The molecule has 10 heteroatoms. The Morgan fingerprint density at radius 1 is 1.17 bits per heavy atom. The molecule has 0 saturated heterocycles. The number of thiazole rings is 1. The SMILES string of the molecule is Cc1nc(NC(=O)C(=O)Nc2ccc(Cl)c(C(F)(F)F)c2)sc1C. The van der Waals surface area contributed by atoms with Crippen LogP contribution in [-0.4, -0.2) is 16.8 Å². The minimum absolute atomic E-state index is 0.196. The van der Waals surface area contributed by atoms with Crippen LogP contribution in [0.15, 0.2) is 18.2 Å². The average molecular weight is 378 g/mol. The molecule has 2 amide bonds. The number of hydrogen-bond acceptors (Lipinski definition) is 4. The predicted octanol–water partition coefficient (Wildman–Crippen LogP) is 4.01. The first-order valence-electron chi connectivity index (χ1n) is 6.51. The van der Waals surface area contributed by atoms with E-state index in [0.717, 1.165) is 10.9 Å². The van der Waals surface area contributed by atoms with Crippen LogP contribution in [-0.2, 0) is 15.8 Å². The van der Waals surface area contributed by atoms with E-state index in [1.165, 1.54) is 17.4 Å². The lowest BCUT2D eigenvalue weighted by Gasteiger charge is -2.11. The fourth-order valence-corrected chi connectivity index (χ4v) is 2.72. The Balaban J connectivity index is 2.10. The van der Waals surface area contributed by atoms with Crippen molar-refractivity contribution in [1.29, 1.82) is 0 Å². The van der Waals surface area contributed by atoms with Crippen molar-refractivity contribution in [1.82, 2.24) is 4.98 Å². The van der Waals surface area contributed by atoms with Gasteiger partial charge in [0.25, 0.3) is 0 Å². The molecule has 0 atom stereocenters. The highest BCUT2D eigenvalue weighted by Gasteiger charge is 2.33. The predicted molar refractivity (Wildman–Crippen MR) is 85.3 cm³/mol. The number of nitrogens with zero attached hydrogens (tertiary/aromatic N) is 1. The van der Waals surface area contributed by atoms with Crippen LogP contribution in [0, 0.1) is 13.8 Å². The zero-order chi connectivity index (χ0) is 18.1. The van der Waals surface area contributed by atoms with Gasteiger partial charge in [0.15, 0.2) is 5.13 Å². The van der Waals surface area contributed by atoms with Crippen molar-refractivity contribution in [3.63, 3.8) is 0 Å². The quantitative estimate of drug-likeness (QED) is 0.777. The molecule has 0 aliphatic carbocycles. The van der Waals surface area contributed by atoms with Gasteiger partial charge in [0.2, 0.25) is 0 Å². The highest BCUT2D eigenvalue weighted by atomic mass is 35.5. The lowest BCUT2D eigenvalue weighted by atomic mass is 10.2. The molecule has 2 rings (SSSR count).